The van der Waals surface area contributed by atoms with Gasteiger partial charge in [0, 0.05) is 20.5 Å². The summed E-state index contributed by atoms with van der Waals surface area (Å²) in [6, 6.07) is 8.66. The first kappa shape index (κ1) is 15.3. The molecule has 1 aromatic rings. The SMILES string of the molecule is CN(C)C(=O)[C@H]1C[C@@H](O)CN1C(=O)OCc1ccccc1. The molecule has 0 aromatic heterocycles. The van der Waals surface area contributed by atoms with Gasteiger partial charge in [-0.15, -0.1) is 0 Å². The Morgan fingerprint density at radius 3 is 2.62 bits per heavy atom. The lowest BCUT2D eigenvalue weighted by Crippen LogP contribution is -2.45. The predicted octanol–water partition coefficient (Wildman–Crippen LogP) is 0.847. The number of hydrogen-bond acceptors (Lipinski definition) is 4. The Labute approximate surface area is 123 Å². The summed E-state index contributed by atoms with van der Waals surface area (Å²) in [4.78, 5) is 26.9. The van der Waals surface area contributed by atoms with Crippen molar-refractivity contribution in [3.05, 3.63) is 35.9 Å². The number of likely N-dealkylation sites (tertiary alicyclic amines) is 1. The molecule has 2 amide bonds. The average molecular weight is 292 g/mol. The molecule has 0 radical (unpaired) electrons. The molecular formula is C15H20N2O4. The third-order valence-corrected chi connectivity index (χ3v) is 3.44. The van der Waals surface area contributed by atoms with Crippen molar-refractivity contribution in [2.45, 2.75) is 25.2 Å². The second kappa shape index (κ2) is 6.58. The summed E-state index contributed by atoms with van der Waals surface area (Å²) in [5.41, 5.74) is 0.876. The fraction of sp³-hybridized carbons (Fsp3) is 0.467. The minimum Gasteiger partial charge on any atom is -0.445 e. The van der Waals surface area contributed by atoms with E-state index in [-0.39, 0.29) is 25.5 Å². The highest BCUT2D eigenvalue weighted by Gasteiger charge is 2.40. The van der Waals surface area contributed by atoms with Gasteiger partial charge < -0.3 is 14.7 Å². The summed E-state index contributed by atoms with van der Waals surface area (Å²) in [6.45, 7) is 0.271. The third kappa shape index (κ3) is 3.72. The van der Waals surface area contributed by atoms with Crippen molar-refractivity contribution in [2.24, 2.45) is 0 Å². The highest BCUT2D eigenvalue weighted by molar-refractivity contribution is 5.86. The topological polar surface area (TPSA) is 70.1 Å². The van der Waals surface area contributed by atoms with E-state index in [9.17, 15) is 14.7 Å². The van der Waals surface area contributed by atoms with Gasteiger partial charge in [0.25, 0.3) is 0 Å². The van der Waals surface area contributed by atoms with Gasteiger partial charge in [0.15, 0.2) is 0 Å². The van der Waals surface area contributed by atoms with E-state index >= 15 is 0 Å². The second-order valence-corrected chi connectivity index (χ2v) is 5.33. The Kier molecular flexibility index (Phi) is 4.80. The maximum absolute atomic E-state index is 12.1. The van der Waals surface area contributed by atoms with Crippen molar-refractivity contribution in [3.63, 3.8) is 0 Å². The molecule has 1 saturated heterocycles. The van der Waals surface area contributed by atoms with Crippen LogP contribution < -0.4 is 0 Å². The minimum atomic E-state index is -0.692. The van der Waals surface area contributed by atoms with E-state index in [1.165, 1.54) is 9.80 Å². The zero-order valence-electron chi connectivity index (χ0n) is 12.2. The molecule has 2 rings (SSSR count). The first-order chi connectivity index (χ1) is 9.99. The summed E-state index contributed by atoms with van der Waals surface area (Å²) >= 11 is 0. The second-order valence-electron chi connectivity index (χ2n) is 5.33. The maximum atomic E-state index is 12.1. The number of carbonyl (C=O) groups is 2. The van der Waals surface area contributed by atoms with Crippen LogP contribution in [0.25, 0.3) is 0 Å². The molecule has 6 nitrogen and oxygen atoms in total. The van der Waals surface area contributed by atoms with Crippen molar-refractivity contribution >= 4 is 12.0 Å². The number of amides is 2. The molecule has 0 saturated carbocycles. The summed E-state index contributed by atoms with van der Waals surface area (Å²) < 4.78 is 5.23. The van der Waals surface area contributed by atoms with Crippen LogP contribution in [0.5, 0.6) is 0 Å². The fourth-order valence-electron chi connectivity index (χ4n) is 2.35. The Balaban J connectivity index is 1.98. The van der Waals surface area contributed by atoms with Crippen LogP contribution in [0.2, 0.25) is 0 Å². The summed E-state index contributed by atoms with van der Waals surface area (Å²) in [6.07, 6.45) is -1.02. The van der Waals surface area contributed by atoms with Gasteiger partial charge in [-0.05, 0) is 5.56 Å². The monoisotopic (exact) mass is 292 g/mol. The number of nitrogens with zero attached hydrogens (tertiary/aromatic N) is 2. The number of ether oxygens (including phenoxy) is 1. The van der Waals surface area contributed by atoms with Crippen LogP contribution in [0.15, 0.2) is 30.3 Å². The number of hydrogen-bond donors (Lipinski definition) is 1. The van der Waals surface area contributed by atoms with Gasteiger partial charge in [0.1, 0.15) is 12.6 Å². The van der Waals surface area contributed by atoms with Crippen LogP contribution in [0.1, 0.15) is 12.0 Å². The molecule has 0 bridgehead atoms. The number of carbonyl (C=O) groups excluding carboxylic acids is 2. The number of aliphatic hydroxyl groups excluding tert-OH is 1. The number of aliphatic hydroxyl groups is 1. The normalized spacial score (nSPS) is 21.2. The lowest BCUT2D eigenvalue weighted by atomic mass is 10.2. The van der Waals surface area contributed by atoms with E-state index in [2.05, 4.69) is 0 Å². The molecular weight excluding hydrogens is 272 g/mol. The van der Waals surface area contributed by atoms with E-state index in [0.29, 0.717) is 0 Å². The molecule has 114 valence electrons. The minimum absolute atomic E-state index is 0.123. The highest BCUT2D eigenvalue weighted by Crippen LogP contribution is 2.20. The molecule has 1 aliphatic heterocycles. The van der Waals surface area contributed by atoms with Crippen molar-refractivity contribution in [3.8, 4) is 0 Å². The van der Waals surface area contributed by atoms with E-state index in [1.54, 1.807) is 14.1 Å². The van der Waals surface area contributed by atoms with Crippen molar-refractivity contribution in [1.29, 1.82) is 0 Å². The van der Waals surface area contributed by atoms with E-state index in [4.69, 9.17) is 4.74 Å². The van der Waals surface area contributed by atoms with E-state index in [0.717, 1.165) is 5.56 Å². The van der Waals surface area contributed by atoms with Crippen LogP contribution in [-0.2, 0) is 16.1 Å². The van der Waals surface area contributed by atoms with E-state index in [1.807, 2.05) is 30.3 Å². The zero-order chi connectivity index (χ0) is 15.4. The number of likely N-dealkylation sites (N-methyl/N-ethyl adjacent to an activating group) is 1. The van der Waals surface area contributed by atoms with Crippen LogP contribution in [0, 0.1) is 0 Å². The maximum Gasteiger partial charge on any atom is 0.410 e. The van der Waals surface area contributed by atoms with Gasteiger partial charge in [-0.1, -0.05) is 30.3 Å². The Hall–Kier alpha value is -2.08. The highest BCUT2D eigenvalue weighted by atomic mass is 16.6. The Morgan fingerprint density at radius 1 is 1.33 bits per heavy atom. The van der Waals surface area contributed by atoms with Gasteiger partial charge in [-0.25, -0.2) is 4.79 Å². The van der Waals surface area contributed by atoms with Gasteiger partial charge in [0.05, 0.1) is 12.6 Å². The average Bonchev–Trinajstić information content (AvgIpc) is 2.87. The molecule has 1 N–H and O–H groups in total. The molecule has 1 aromatic carbocycles. The van der Waals surface area contributed by atoms with Crippen molar-refractivity contribution in [1.82, 2.24) is 9.80 Å². The lowest BCUT2D eigenvalue weighted by Gasteiger charge is -2.25. The van der Waals surface area contributed by atoms with Gasteiger partial charge in [-0.3, -0.25) is 9.69 Å². The van der Waals surface area contributed by atoms with Gasteiger partial charge >= 0.3 is 6.09 Å². The molecule has 1 fully saturated rings. The smallest absolute Gasteiger partial charge is 0.410 e. The molecule has 1 heterocycles. The molecule has 1 aliphatic rings. The quantitative estimate of drug-likeness (QED) is 0.896. The Bertz CT molecular complexity index is 504. The number of β-amino-alcohol motifs (C(OH)–C–C–N with tert-alkyl or cyclic N) is 1. The fourth-order valence-corrected chi connectivity index (χ4v) is 2.35. The first-order valence-electron chi connectivity index (χ1n) is 6.85. The van der Waals surface area contributed by atoms with E-state index < -0.39 is 18.2 Å². The van der Waals surface area contributed by atoms with Crippen LogP contribution in [0.3, 0.4) is 0 Å². The summed E-state index contributed by atoms with van der Waals surface area (Å²) in [5, 5.41) is 9.71. The Morgan fingerprint density at radius 2 is 2.00 bits per heavy atom. The number of rotatable bonds is 3. The first-order valence-corrected chi connectivity index (χ1v) is 6.85. The standard InChI is InChI=1S/C15H20N2O4/c1-16(2)14(19)13-8-12(18)9-17(13)15(20)21-10-11-6-4-3-5-7-11/h3-7,12-13,18H,8-10H2,1-2H3/t12-,13-/m1/s1. The molecule has 0 unspecified atom stereocenters. The van der Waals surface area contributed by atoms with Crippen LogP contribution >= 0.6 is 0 Å². The van der Waals surface area contributed by atoms with Crippen molar-refractivity contribution in [2.75, 3.05) is 20.6 Å². The molecule has 2 atom stereocenters. The van der Waals surface area contributed by atoms with Crippen LogP contribution in [0.4, 0.5) is 4.79 Å². The molecule has 6 heteroatoms. The van der Waals surface area contributed by atoms with Gasteiger partial charge in [-0.2, -0.15) is 0 Å². The number of benzene rings is 1. The molecule has 0 spiro atoms. The van der Waals surface area contributed by atoms with Gasteiger partial charge in [0.2, 0.25) is 5.91 Å². The largest absolute Gasteiger partial charge is 0.445 e. The molecule has 0 aliphatic carbocycles. The summed E-state index contributed by atoms with van der Waals surface area (Å²) in [7, 11) is 3.25. The van der Waals surface area contributed by atoms with Crippen LogP contribution in [-0.4, -0.2) is 59.7 Å². The zero-order valence-corrected chi connectivity index (χ0v) is 12.2. The summed E-state index contributed by atoms with van der Waals surface area (Å²) in [5.74, 6) is -0.205. The lowest BCUT2D eigenvalue weighted by molar-refractivity contribution is -0.133. The third-order valence-electron chi connectivity index (χ3n) is 3.44. The van der Waals surface area contributed by atoms with Crippen molar-refractivity contribution < 1.29 is 19.4 Å². The predicted molar refractivity (Wildman–Crippen MR) is 76.4 cm³/mol. The molecule has 21 heavy (non-hydrogen) atoms.